The molecule has 0 fully saturated rings. The molecule has 3 N–H and O–H groups in total. The van der Waals surface area contributed by atoms with Gasteiger partial charge in [-0.25, -0.2) is 0 Å². The van der Waals surface area contributed by atoms with Gasteiger partial charge in [0.25, 0.3) is 0 Å². The minimum absolute atomic E-state index is 0.0386. The molecule has 1 aromatic carbocycles. The molecule has 1 aliphatic rings. The van der Waals surface area contributed by atoms with Crippen LogP contribution in [0.2, 0.25) is 0 Å². The number of aromatic hydroxyl groups is 2. The molecule has 1 heterocycles. The molecule has 39 heavy (non-hydrogen) atoms. The zero-order chi connectivity index (χ0) is 29.1. The Bertz CT molecular complexity index is 1500. The molecule has 1 aromatic heterocycles. The third kappa shape index (κ3) is 6.27. The molecule has 3 rings (SSSR count). The van der Waals surface area contributed by atoms with Crippen molar-refractivity contribution in [2.45, 2.75) is 86.0 Å². The molecule has 1 aliphatic carbocycles. The zero-order valence-corrected chi connectivity index (χ0v) is 24.1. The lowest BCUT2D eigenvalue weighted by molar-refractivity contribution is -0.123. The molecule has 0 bridgehead atoms. The second kappa shape index (κ2) is 11.9. The molecule has 1 atom stereocenters. The van der Waals surface area contributed by atoms with E-state index in [4.69, 9.17) is 4.42 Å². The topological polar surface area (TPSA) is 108 Å². The Morgan fingerprint density at radius 3 is 2.08 bits per heavy atom. The standard InChI is InChI=1S/C33H40O6/c1-19(2)9-8-10-22(7)14-16-33(15-13-21(5)6)29-27(18-26(36)32(33)38)39-31-23(12-11-20(3)4)24(34)17-25(35)28(31)30(29)37/h9,11,13-14,17-18,34-36H,8,10,12,15-16H2,1-7H3/b22-14+. The Morgan fingerprint density at radius 2 is 1.46 bits per heavy atom. The third-order valence-electron chi connectivity index (χ3n) is 7.13. The van der Waals surface area contributed by atoms with E-state index in [1.807, 2.05) is 66.7 Å². The summed E-state index contributed by atoms with van der Waals surface area (Å²) in [5.41, 5.74) is 2.80. The number of phenolic OH excluding ortho intramolecular Hbond substituents is 2. The Hall–Kier alpha value is -3.80. The van der Waals surface area contributed by atoms with Crippen LogP contribution in [-0.2, 0) is 16.6 Å². The van der Waals surface area contributed by atoms with Gasteiger partial charge in [-0.1, -0.05) is 46.6 Å². The molecule has 6 heteroatoms. The average molecular weight is 533 g/mol. The van der Waals surface area contributed by atoms with Crippen LogP contribution in [-0.4, -0.2) is 21.1 Å². The fourth-order valence-electron chi connectivity index (χ4n) is 4.90. The van der Waals surface area contributed by atoms with Crippen molar-refractivity contribution in [3.05, 3.63) is 85.5 Å². The highest BCUT2D eigenvalue weighted by Crippen LogP contribution is 2.44. The Kier molecular flexibility index (Phi) is 9.10. The summed E-state index contributed by atoms with van der Waals surface area (Å²) in [5.74, 6) is -1.61. The Balaban J connectivity index is 2.34. The summed E-state index contributed by atoms with van der Waals surface area (Å²) in [6.07, 6.45) is 11.3. The molecule has 0 amide bonds. The first-order valence-corrected chi connectivity index (χ1v) is 13.3. The van der Waals surface area contributed by atoms with E-state index >= 15 is 0 Å². The van der Waals surface area contributed by atoms with E-state index in [1.54, 1.807) is 0 Å². The van der Waals surface area contributed by atoms with Gasteiger partial charge in [0.05, 0.1) is 11.0 Å². The van der Waals surface area contributed by atoms with Crippen LogP contribution in [0.5, 0.6) is 11.5 Å². The van der Waals surface area contributed by atoms with Gasteiger partial charge in [-0.05, 0) is 80.6 Å². The maximum absolute atomic E-state index is 14.2. The van der Waals surface area contributed by atoms with Crippen LogP contribution < -0.4 is 5.43 Å². The normalized spacial score (nSPS) is 16.9. The summed E-state index contributed by atoms with van der Waals surface area (Å²) in [6, 6.07) is 1.14. The highest BCUT2D eigenvalue weighted by molar-refractivity contribution is 6.08. The molecular formula is C33H40O6. The summed E-state index contributed by atoms with van der Waals surface area (Å²) < 4.78 is 6.18. The molecule has 0 saturated carbocycles. The molecule has 2 aromatic rings. The maximum atomic E-state index is 14.2. The first kappa shape index (κ1) is 29.8. The second-order valence-corrected chi connectivity index (χ2v) is 11.3. The predicted octanol–water partition coefficient (Wildman–Crippen LogP) is 7.87. The minimum atomic E-state index is -1.41. The number of fused-ring (bicyclic) bond motifs is 2. The highest BCUT2D eigenvalue weighted by Gasteiger charge is 2.47. The predicted molar refractivity (Wildman–Crippen MR) is 157 cm³/mol. The molecule has 0 saturated heterocycles. The molecule has 0 radical (unpaired) electrons. The summed E-state index contributed by atoms with van der Waals surface area (Å²) in [6.45, 7) is 13.7. The van der Waals surface area contributed by atoms with Crippen LogP contribution >= 0.6 is 0 Å². The van der Waals surface area contributed by atoms with Crippen molar-refractivity contribution in [1.82, 2.24) is 0 Å². The van der Waals surface area contributed by atoms with Crippen molar-refractivity contribution < 1.29 is 24.5 Å². The number of hydrogen-bond acceptors (Lipinski definition) is 6. The minimum Gasteiger partial charge on any atom is -0.507 e. The van der Waals surface area contributed by atoms with E-state index in [-0.39, 0.29) is 47.3 Å². The van der Waals surface area contributed by atoms with E-state index in [1.165, 1.54) is 11.6 Å². The second-order valence-electron chi connectivity index (χ2n) is 11.3. The number of hydrogen-bond donors (Lipinski definition) is 3. The fraction of sp³-hybridized carbons (Fsp3) is 0.394. The van der Waals surface area contributed by atoms with Gasteiger partial charge in [-0.3, -0.25) is 9.59 Å². The van der Waals surface area contributed by atoms with Crippen LogP contribution in [0.4, 0.5) is 0 Å². The number of aliphatic hydroxyl groups is 1. The van der Waals surface area contributed by atoms with Crippen molar-refractivity contribution in [3.63, 3.8) is 0 Å². The van der Waals surface area contributed by atoms with Gasteiger partial charge in [0.15, 0.2) is 5.76 Å². The lowest BCUT2D eigenvalue weighted by Gasteiger charge is -2.34. The van der Waals surface area contributed by atoms with Gasteiger partial charge in [0.1, 0.15) is 28.2 Å². The first-order valence-electron chi connectivity index (χ1n) is 13.3. The maximum Gasteiger partial charge on any atom is 0.208 e. The number of carbonyl (C=O) groups excluding carboxylic acids is 1. The van der Waals surface area contributed by atoms with E-state index in [0.717, 1.165) is 35.6 Å². The summed E-state index contributed by atoms with van der Waals surface area (Å²) in [4.78, 5) is 27.9. The van der Waals surface area contributed by atoms with Crippen LogP contribution in [0.1, 0.15) is 91.0 Å². The SMILES string of the molecule is CC(C)=CCC/C(C)=C/CC1(CC=C(C)C)C(=O)C(O)=Cc2oc3c(CC=C(C)C)c(O)cc(O)c3c(=O)c21. The van der Waals surface area contributed by atoms with Crippen LogP contribution in [0.25, 0.3) is 17.0 Å². The van der Waals surface area contributed by atoms with Gasteiger partial charge in [0, 0.05) is 17.7 Å². The van der Waals surface area contributed by atoms with Crippen molar-refractivity contribution in [2.75, 3.05) is 0 Å². The number of Topliss-reactive ketones (excluding diaryl/α,β-unsaturated/α-hetero) is 1. The largest absolute Gasteiger partial charge is 0.507 e. The van der Waals surface area contributed by atoms with Gasteiger partial charge in [-0.15, -0.1) is 0 Å². The van der Waals surface area contributed by atoms with Crippen molar-refractivity contribution in [2.24, 2.45) is 0 Å². The summed E-state index contributed by atoms with van der Waals surface area (Å²) in [7, 11) is 0. The number of benzene rings is 1. The number of ketones is 1. The van der Waals surface area contributed by atoms with Crippen LogP contribution in [0, 0.1) is 0 Å². The molecule has 208 valence electrons. The summed E-state index contributed by atoms with van der Waals surface area (Å²) >= 11 is 0. The summed E-state index contributed by atoms with van der Waals surface area (Å²) in [5, 5.41) is 32.1. The lowest BCUT2D eigenvalue weighted by atomic mass is 9.67. The molecule has 0 aliphatic heterocycles. The lowest BCUT2D eigenvalue weighted by Crippen LogP contribution is -2.43. The van der Waals surface area contributed by atoms with Crippen molar-refractivity contribution in [1.29, 1.82) is 0 Å². The van der Waals surface area contributed by atoms with Crippen LogP contribution in [0.3, 0.4) is 0 Å². The van der Waals surface area contributed by atoms with E-state index < -0.39 is 28.1 Å². The fourth-order valence-corrected chi connectivity index (χ4v) is 4.90. The molecule has 0 spiro atoms. The van der Waals surface area contributed by atoms with Crippen LogP contribution in [0.15, 0.2) is 67.6 Å². The van der Waals surface area contributed by atoms with Gasteiger partial charge in [0.2, 0.25) is 11.2 Å². The molecular weight excluding hydrogens is 492 g/mol. The van der Waals surface area contributed by atoms with E-state index in [0.29, 0.717) is 5.56 Å². The smallest absolute Gasteiger partial charge is 0.208 e. The van der Waals surface area contributed by atoms with Gasteiger partial charge < -0.3 is 19.7 Å². The monoisotopic (exact) mass is 532 g/mol. The first-order chi connectivity index (χ1) is 18.3. The number of aliphatic hydroxyl groups excluding tert-OH is 1. The Morgan fingerprint density at radius 1 is 0.846 bits per heavy atom. The average Bonchev–Trinajstić information content (AvgIpc) is 2.83. The molecule has 1 unspecified atom stereocenters. The number of phenols is 2. The Labute approximate surface area is 230 Å². The third-order valence-corrected chi connectivity index (χ3v) is 7.13. The quantitative estimate of drug-likeness (QED) is 0.284. The van der Waals surface area contributed by atoms with Crippen molar-refractivity contribution in [3.8, 4) is 11.5 Å². The number of allylic oxidation sites excluding steroid dienone is 9. The number of carbonyl (C=O) groups is 1. The van der Waals surface area contributed by atoms with Gasteiger partial charge >= 0.3 is 0 Å². The zero-order valence-electron chi connectivity index (χ0n) is 24.1. The van der Waals surface area contributed by atoms with E-state index in [2.05, 4.69) is 6.08 Å². The number of rotatable bonds is 9. The molecule has 6 nitrogen and oxygen atoms in total. The van der Waals surface area contributed by atoms with Gasteiger partial charge in [-0.2, -0.15) is 0 Å². The van der Waals surface area contributed by atoms with Crippen molar-refractivity contribution >= 4 is 22.8 Å². The highest BCUT2D eigenvalue weighted by atomic mass is 16.3. The van der Waals surface area contributed by atoms with E-state index in [9.17, 15) is 24.9 Å².